The van der Waals surface area contributed by atoms with Crippen LogP contribution in [0.1, 0.15) is 20.3 Å². The molecule has 0 saturated carbocycles. The summed E-state index contributed by atoms with van der Waals surface area (Å²) in [6.07, 6.45) is 0.0833. The van der Waals surface area contributed by atoms with Gasteiger partial charge < -0.3 is 18.2 Å². The topological polar surface area (TPSA) is 155 Å². The van der Waals surface area contributed by atoms with Crippen LogP contribution in [-0.4, -0.2) is 38.2 Å². The Morgan fingerprint density at radius 1 is 0.941 bits per heavy atom. The van der Waals surface area contributed by atoms with Crippen LogP contribution >= 0.6 is 0 Å². The molecule has 2 atom stereocenters. The van der Waals surface area contributed by atoms with E-state index in [1.807, 2.05) is 0 Å². The van der Waals surface area contributed by atoms with Crippen LogP contribution in [0.5, 0.6) is 0 Å². The zero-order valence-electron chi connectivity index (χ0n) is 9.87. The maximum absolute atomic E-state index is 10.0. The summed E-state index contributed by atoms with van der Waals surface area (Å²) < 4.78 is 48.2. The van der Waals surface area contributed by atoms with Gasteiger partial charge in [-0.25, -0.2) is 8.42 Å². The summed E-state index contributed by atoms with van der Waals surface area (Å²) in [5.41, 5.74) is 0. The van der Waals surface area contributed by atoms with Gasteiger partial charge in [0.05, 0.1) is 29.1 Å². The van der Waals surface area contributed by atoms with Crippen LogP contribution in [0.25, 0.3) is 0 Å². The summed E-state index contributed by atoms with van der Waals surface area (Å²) in [7, 11) is 0. The molecule has 0 aromatic heterocycles. The first-order chi connectivity index (χ1) is 6.59. The van der Waals surface area contributed by atoms with Crippen molar-refractivity contribution in [1.82, 2.24) is 0 Å². The zero-order chi connectivity index (χ0) is 13.0. The second kappa shape index (κ2) is 22.6. The van der Waals surface area contributed by atoms with Crippen LogP contribution in [0.4, 0.5) is 0 Å². The molecule has 0 saturated heterocycles. The van der Waals surface area contributed by atoms with E-state index in [9.17, 15) is 9.59 Å². The molecule has 0 heterocycles. The van der Waals surface area contributed by atoms with Gasteiger partial charge in [0.2, 0.25) is 0 Å². The molecule has 0 fully saturated rings. The summed E-state index contributed by atoms with van der Waals surface area (Å²) in [6, 6.07) is 0. The predicted octanol–water partition coefficient (Wildman–Crippen LogP) is -6.76. The maximum Gasteiger partial charge on any atom is 1.00 e. The number of carbonyl (C=O) groups excluding carboxylic acids is 2. The molecule has 2 unspecified atom stereocenters. The number of ketones is 2. The van der Waals surface area contributed by atoms with Gasteiger partial charge in [-0.2, -0.15) is 0 Å². The number of rotatable bonds is 2. The molecule has 0 aromatic rings. The van der Waals surface area contributed by atoms with E-state index in [0.29, 0.717) is 0 Å². The monoisotopic (exact) mass is 308 g/mol. The van der Waals surface area contributed by atoms with Crippen LogP contribution in [-0.2, 0) is 32.3 Å². The van der Waals surface area contributed by atoms with E-state index in [1.54, 1.807) is 0 Å². The molecule has 2 N–H and O–H groups in total. The van der Waals surface area contributed by atoms with E-state index in [-0.39, 0.29) is 77.1 Å². The van der Waals surface area contributed by atoms with Crippen molar-refractivity contribution in [2.75, 3.05) is 0 Å². The molecule has 0 spiro atoms. The minimum atomic E-state index is -2.86. The fourth-order valence-corrected chi connectivity index (χ4v) is 0.351. The molecule has 17 heavy (non-hydrogen) atoms. The first-order valence-corrected chi connectivity index (χ1v) is 5.21. The Morgan fingerprint density at radius 3 is 1.06 bits per heavy atom. The van der Waals surface area contributed by atoms with Crippen LogP contribution < -0.4 is 59.1 Å². The Bertz CT molecular complexity index is 214. The molecule has 0 aromatic carbocycles. The number of hydrogen-bond donors (Lipinski definition) is 2. The standard InChI is InChI=1S/C5H8O2.2Na.2H2O3S/c1-4(6)3-5(2)7;;;2*1-4(2)3/h3H2,1-2H3;;;2*(H2,1,2,3)/q;2*+1;;/p-2. The van der Waals surface area contributed by atoms with Gasteiger partial charge in [0.25, 0.3) is 0 Å². The smallest absolute Gasteiger partial charge is 0.750 e. The molecule has 0 rings (SSSR count). The SMILES string of the molecule is CC(=O)CC(C)=O.O=S([O-])O.O=S([O-])O.[Na+].[Na+]. The summed E-state index contributed by atoms with van der Waals surface area (Å²) in [6.45, 7) is 2.81. The van der Waals surface area contributed by atoms with Crippen molar-refractivity contribution >= 4 is 34.3 Å². The zero-order valence-corrected chi connectivity index (χ0v) is 15.5. The fourth-order valence-electron chi connectivity index (χ4n) is 0.351. The van der Waals surface area contributed by atoms with E-state index in [0.717, 1.165) is 0 Å². The Morgan fingerprint density at radius 2 is 1.06 bits per heavy atom. The first-order valence-electron chi connectivity index (χ1n) is 3.15. The van der Waals surface area contributed by atoms with Crippen molar-refractivity contribution in [2.24, 2.45) is 0 Å². The second-order valence-corrected chi connectivity index (χ2v) is 2.88. The predicted molar refractivity (Wildman–Crippen MR) is 49.1 cm³/mol. The molecule has 0 aliphatic heterocycles. The van der Waals surface area contributed by atoms with E-state index in [2.05, 4.69) is 0 Å². The molecule has 0 aliphatic carbocycles. The van der Waals surface area contributed by atoms with Gasteiger partial charge in [-0.3, -0.25) is 9.59 Å². The maximum atomic E-state index is 10.0. The van der Waals surface area contributed by atoms with Gasteiger partial charge in [0.1, 0.15) is 11.6 Å². The average Bonchev–Trinajstić information content (AvgIpc) is 1.78. The first kappa shape index (κ1) is 31.1. The van der Waals surface area contributed by atoms with E-state index in [4.69, 9.17) is 26.6 Å². The molecular formula is C5H10Na2O8S2. The molecular weight excluding hydrogens is 298 g/mol. The van der Waals surface area contributed by atoms with Gasteiger partial charge in [0.15, 0.2) is 0 Å². The minimum absolute atomic E-state index is 0. The minimum Gasteiger partial charge on any atom is -0.750 e. The third-order valence-corrected chi connectivity index (χ3v) is 0.498. The third kappa shape index (κ3) is 139. The Kier molecular flexibility index (Phi) is 41.4. The normalized spacial score (nSPS) is 10.7. The van der Waals surface area contributed by atoms with E-state index in [1.165, 1.54) is 13.8 Å². The van der Waals surface area contributed by atoms with Crippen molar-refractivity contribution in [3.8, 4) is 0 Å². The number of hydrogen-bond acceptors (Lipinski definition) is 6. The van der Waals surface area contributed by atoms with Crippen molar-refractivity contribution in [3.05, 3.63) is 0 Å². The summed E-state index contributed by atoms with van der Waals surface area (Å²) in [5, 5.41) is 0. The van der Waals surface area contributed by atoms with Crippen molar-refractivity contribution < 1.29 is 95.3 Å². The quantitative estimate of drug-likeness (QED) is 0.290. The Labute approximate surface area is 148 Å². The average molecular weight is 308 g/mol. The van der Waals surface area contributed by atoms with Crippen molar-refractivity contribution in [1.29, 1.82) is 0 Å². The molecule has 12 heteroatoms. The van der Waals surface area contributed by atoms with Gasteiger partial charge >= 0.3 is 59.1 Å². The summed E-state index contributed by atoms with van der Waals surface area (Å²) in [5.74, 6) is -0.125. The molecule has 8 nitrogen and oxygen atoms in total. The molecule has 0 radical (unpaired) electrons. The number of Topliss-reactive ketones (excluding diaryl/α,β-unsaturated/α-hetero) is 2. The fraction of sp³-hybridized carbons (Fsp3) is 0.600. The van der Waals surface area contributed by atoms with E-state index >= 15 is 0 Å². The van der Waals surface area contributed by atoms with Gasteiger partial charge in [-0.05, 0) is 13.8 Å². The van der Waals surface area contributed by atoms with Crippen LogP contribution in [0.15, 0.2) is 0 Å². The van der Waals surface area contributed by atoms with Gasteiger partial charge in [-0.15, -0.1) is 0 Å². The second-order valence-electron chi connectivity index (χ2n) is 2.02. The van der Waals surface area contributed by atoms with Crippen LogP contribution in [0.3, 0.4) is 0 Å². The molecule has 92 valence electrons. The largest absolute Gasteiger partial charge is 1.00 e. The van der Waals surface area contributed by atoms with E-state index < -0.39 is 22.7 Å². The van der Waals surface area contributed by atoms with Gasteiger partial charge in [0, 0.05) is 0 Å². The molecule has 0 bridgehead atoms. The molecule has 0 aliphatic rings. The van der Waals surface area contributed by atoms with Crippen LogP contribution in [0.2, 0.25) is 0 Å². The number of carbonyl (C=O) groups is 2. The van der Waals surface area contributed by atoms with Crippen molar-refractivity contribution in [3.63, 3.8) is 0 Å². The van der Waals surface area contributed by atoms with Gasteiger partial charge in [-0.1, -0.05) is 0 Å². The summed E-state index contributed by atoms with van der Waals surface area (Å²) >= 11 is -5.72. The summed E-state index contributed by atoms with van der Waals surface area (Å²) in [4.78, 5) is 20.1. The Balaban J connectivity index is -0.0000000425. The Hall–Kier alpha value is 1.48. The van der Waals surface area contributed by atoms with Crippen LogP contribution in [0, 0.1) is 0 Å². The molecule has 0 amide bonds. The third-order valence-electron chi connectivity index (χ3n) is 0.498. The van der Waals surface area contributed by atoms with Crippen molar-refractivity contribution in [2.45, 2.75) is 20.3 Å².